The van der Waals surface area contributed by atoms with E-state index in [2.05, 4.69) is 36.3 Å². The number of fused-ring (bicyclic) bond motifs is 4. The number of hydrogen-bond donors (Lipinski definition) is 3. The van der Waals surface area contributed by atoms with Gasteiger partial charge in [0.15, 0.2) is 5.82 Å². The quantitative estimate of drug-likeness (QED) is 0.162. The van der Waals surface area contributed by atoms with Gasteiger partial charge in [-0.3, -0.25) is 29.7 Å². The standard InChI is InChI=1S/C45H42ClF2N9O5/c1-2-30-34(47)8-4-25-17-29(58)19-31(37(25)30)39-38(48)40-32(20-49-39)41(56-21-27-5-6-28(22-56)50-27)53-43(52-40)62-24-45(10-11-45)23-54-13-15-55(16-14-54)42(60)26-3-7-33(46)35(18-26)57-12-9-36(59)51-44(57)61/h1,3-4,7-8,17-20,27-28,50,58H,5-6,9-16,21-24H2,(H,51,59,61). The maximum absolute atomic E-state index is 17.1. The van der Waals surface area contributed by atoms with Crippen molar-refractivity contribution in [3.05, 3.63) is 76.4 Å². The lowest BCUT2D eigenvalue weighted by Gasteiger charge is -2.37. The van der Waals surface area contributed by atoms with Gasteiger partial charge in [-0.1, -0.05) is 23.6 Å². The molecule has 3 aromatic carbocycles. The van der Waals surface area contributed by atoms with Crippen LogP contribution in [-0.2, 0) is 4.79 Å². The molecular weight excluding hydrogens is 820 g/mol. The molecule has 0 radical (unpaired) electrons. The second-order valence-corrected chi connectivity index (χ2v) is 17.4. The van der Waals surface area contributed by atoms with E-state index < -0.39 is 17.7 Å². The van der Waals surface area contributed by atoms with Crippen LogP contribution in [0, 0.1) is 29.4 Å². The van der Waals surface area contributed by atoms with E-state index >= 15 is 4.39 Å². The maximum atomic E-state index is 17.1. The first kappa shape index (κ1) is 40.0. The number of halogens is 3. The van der Waals surface area contributed by atoms with Crippen molar-refractivity contribution in [2.24, 2.45) is 5.41 Å². The Morgan fingerprint density at radius 1 is 1.02 bits per heavy atom. The maximum Gasteiger partial charge on any atom is 0.328 e. The molecule has 1 saturated carbocycles. The number of ether oxygens (including phenoxy) is 1. The minimum Gasteiger partial charge on any atom is -0.508 e. The van der Waals surface area contributed by atoms with Crippen LogP contribution in [0.3, 0.4) is 0 Å². The largest absolute Gasteiger partial charge is 0.508 e. The normalized spacial score (nSPS) is 21.0. The van der Waals surface area contributed by atoms with Crippen molar-refractivity contribution < 1.29 is 33.0 Å². The van der Waals surface area contributed by atoms with Gasteiger partial charge in [0, 0.05) is 99.0 Å². The number of phenolic OH excluding ortho intramolecular Hbond substituents is 1. The number of carbonyl (C=O) groups excluding carboxylic acids is 3. The van der Waals surface area contributed by atoms with Gasteiger partial charge < -0.3 is 25.0 Å². The van der Waals surface area contributed by atoms with Crippen molar-refractivity contribution in [3.8, 4) is 35.4 Å². The highest BCUT2D eigenvalue weighted by molar-refractivity contribution is 6.34. The lowest BCUT2D eigenvalue weighted by atomic mass is 9.96. The number of amides is 4. The zero-order valence-corrected chi connectivity index (χ0v) is 34.4. The fraction of sp³-hybridized carbons (Fsp3) is 0.378. The van der Waals surface area contributed by atoms with Crippen LogP contribution in [0.15, 0.2) is 48.7 Å². The van der Waals surface area contributed by atoms with E-state index in [9.17, 15) is 23.9 Å². The highest BCUT2D eigenvalue weighted by Crippen LogP contribution is 2.47. The number of nitrogens with one attached hydrogen (secondary N) is 2. The fourth-order valence-electron chi connectivity index (χ4n) is 9.39. The van der Waals surface area contributed by atoms with Crippen LogP contribution in [0.5, 0.6) is 11.8 Å². The summed E-state index contributed by atoms with van der Waals surface area (Å²) in [5.41, 5.74) is 0.513. The third kappa shape index (κ3) is 7.37. The van der Waals surface area contributed by atoms with Crippen LogP contribution in [0.1, 0.15) is 48.0 Å². The van der Waals surface area contributed by atoms with E-state index in [-0.39, 0.29) is 81.8 Å². The molecule has 318 valence electrons. The summed E-state index contributed by atoms with van der Waals surface area (Å²) < 4.78 is 38.4. The number of rotatable bonds is 9. The summed E-state index contributed by atoms with van der Waals surface area (Å²) in [5.74, 6) is 0.796. The van der Waals surface area contributed by atoms with Gasteiger partial charge in [-0.15, -0.1) is 6.42 Å². The molecule has 17 heteroatoms. The minimum atomic E-state index is -0.773. The molecule has 4 aliphatic heterocycles. The molecular formula is C45H42ClF2N9O5. The van der Waals surface area contributed by atoms with Gasteiger partial charge in [0.05, 0.1) is 28.3 Å². The zero-order valence-electron chi connectivity index (χ0n) is 33.6. The molecule has 5 fully saturated rings. The van der Waals surface area contributed by atoms with E-state index in [0.29, 0.717) is 78.7 Å². The van der Waals surface area contributed by atoms with E-state index in [4.69, 9.17) is 27.7 Å². The van der Waals surface area contributed by atoms with Gasteiger partial charge in [-0.05, 0) is 67.5 Å². The highest BCUT2D eigenvalue weighted by Gasteiger charge is 2.46. The Balaban J connectivity index is 0.876. The summed E-state index contributed by atoms with van der Waals surface area (Å²) in [4.78, 5) is 59.5. The van der Waals surface area contributed by atoms with E-state index in [1.807, 2.05) is 0 Å². The van der Waals surface area contributed by atoms with Crippen LogP contribution in [0.2, 0.25) is 5.02 Å². The Morgan fingerprint density at radius 3 is 2.52 bits per heavy atom. The number of imide groups is 1. The van der Waals surface area contributed by atoms with Crippen LogP contribution in [0.4, 0.5) is 25.1 Å². The number of benzene rings is 3. The Labute approximate surface area is 360 Å². The average Bonchev–Trinajstić information content (AvgIpc) is 3.95. The van der Waals surface area contributed by atoms with Crippen LogP contribution in [-0.4, -0.2) is 119 Å². The molecule has 4 saturated heterocycles. The van der Waals surface area contributed by atoms with Gasteiger partial charge in [-0.25, -0.2) is 13.6 Å². The molecule has 10 rings (SSSR count). The van der Waals surface area contributed by atoms with Crippen molar-refractivity contribution in [1.82, 2.24) is 35.4 Å². The number of hydrogen-bond acceptors (Lipinski definition) is 11. The molecule has 3 N–H and O–H groups in total. The number of pyridine rings is 1. The third-order valence-electron chi connectivity index (χ3n) is 12.8. The number of nitrogens with zero attached hydrogens (tertiary/aromatic N) is 7. The van der Waals surface area contributed by atoms with Crippen molar-refractivity contribution in [2.75, 3.05) is 68.8 Å². The molecule has 4 amide bonds. The van der Waals surface area contributed by atoms with Crippen LogP contribution < -0.4 is 25.2 Å². The number of piperazine rings is 2. The molecule has 0 spiro atoms. The van der Waals surface area contributed by atoms with Gasteiger partial charge in [-0.2, -0.15) is 9.97 Å². The van der Waals surface area contributed by atoms with E-state index in [1.54, 1.807) is 23.1 Å². The van der Waals surface area contributed by atoms with Crippen molar-refractivity contribution in [1.29, 1.82) is 0 Å². The van der Waals surface area contributed by atoms with Gasteiger partial charge in [0.25, 0.3) is 5.91 Å². The molecule has 5 aliphatic rings. The molecule has 1 aliphatic carbocycles. The van der Waals surface area contributed by atoms with Gasteiger partial charge in [0.2, 0.25) is 5.91 Å². The Kier molecular flexibility index (Phi) is 10.1. The molecule has 62 heavy (non-hydrogen) atoms. The highest BCUT2D eigenvalue weighted by atomic mass is 35.5. The number of aromatic hydroxyl groups is 1. The lowest BCUT2D eigenvalue weighted by Crippen LogP contribution is -2.51. The predicted octanol–water partition coefficient (Wildman–Crippen LogP) is 5.47. The summed E-state index contributed by atoms with van der Waals surface area (Å²) >= 11 is 6.42. The molecule has 2 aromatic heterocycles. The van der Waals surface area contributed by atoms with Crippen LogP contribution >= 0.6 is 11.6 Å². The number of carbonyl (C=O) groups is 3. The van der Waals surface area contributed by atoms with Gasteiger partial charge in [0.1, 0.15) is 28.6 Å². The molecule has 5 aromatic rings. The van der Waals surface area contributed by atoms with Crippen molar-refractivity contribution in [3.63, 3.8) is 0 Å². The summed E-state index contributed by atoms with van der Waals surface area (Å²) in [5, 5.41) is 18.0. The minimum absolute atomic E-state index is 0.0104. The molecule has 2 atom stereocenters. The molecule has 2 bridgehead atoms. The summed E-state index contributed by atoms with van der Waals surface area (Å²) in [6.07, 6.45) is 11.3. The molecule has 14 nitrogen and oxygen atoms in total. The van der Waals surface area contributed by atoms with Gasteiger partial charge >= 0.3 is 12.0 Å². The second kappa shape index (κ2) is 15.6. The van der Waals surface area contributed by atoms with Crippen LogP contribution in [0.25, 0.3) is 32.9 Å². The Hall–Kier alpha value is -6.15. The third-order valence-corrected chi connectivity index (χ3v) is 13.2. The molecule has 2 unspecified atom stereocenters. The zero-order chi connectivity index (χ0) is 42.9. The topological polar surface area (TPSA) is 156 Å². The fourth-order valence-corrected chi connectivity index (χ4v) is 9.61. The summed E-state index contributed by atoms with van der Waals surface area (Å²) in [6.45, 7) is 4.81. The number of anilines is 2. The number of phenols is 1. The predicted molar refractivity (Wildman–Crippen MR) is 228 cm³/mol. The lowest BCUT2D eigenvalue weighted by molar-refractivity contribution is -0.120. The number of terminal acetylenes is 1. The van der Waals surface area contributed by atoms with E-state index in [1.165, 1.54) is 35.4 Å². The summed E-state index contributed by atoms with van der Waals surface area (Å²) in [6, 6.07) is 10.3. The number of aromatic nitrogens is 3. The van der Waals surface area contributed by atoms with E-state index in [0.717, 1.165) is 32.2 Å². The Morgan fingerprint density at radius 2 is 1.79 bits per heavy atom. The number of urea groups is 1. The smallest absolute Gasteiger partial charge is 0.328 e. The SMILES string of the molecule is C#Cc1c(F)ccc2cc(O)cc(-c3ncc4c(N5CC6CCC(C5)N6)nc(OCC5(CN6CCN(C(=O)c7ccc(Cl)c(N8CCC(=O)NC8=O)c7)CC6)CC5)nc4c3F)c12. The first-order chi connectivity index (χ1) is 30.0. The average molecular weight is 862 g/mol. The molecule has 6 heterocycles. The first-order valence-electron chi connectivity index (χ1n) is 20.8. The second-order valence-electron chi connectivity index (χ2n) is 17.0. The van der Waals surface area contributed by atoms with Crippen molar-refractivity contribution in [2.45, 2.75) is 44.2 Å². The Bertz CT molecular complexity index is 2730. The first-order valence-corrected chi connectivity index (χ1v) is 21.2. The summed E-state index contributed by atoms with van der Waals surface area (Å²) in [7, 11) is 0. The van der Waals surface area contributed by atoms with Crippen molar-refractivity contribution >= 4 is 62.6 Å². The monoisotopic (exact) mass is 861 g/mol.